The summed E-state index contributed by atoms with van der Waals surface area (Å²) in [4.78, 5) is 34.3. The molecule has 2 rings (SSSR count). The number of ether oxygens (including phenoxy) is 1. The predicted molar refractivity (Wildman–Crippen MR) is 94.8 cm³/mol. The number of rotatable bonds is 7. The van der Waals surface area contributed by atoms with Crippen LogP contribution in [0.3, 0.4) is 0 Å². The number of hydrogen-bond acceptors (Lipinski definition) is 5. The van der Waals surface area contributed by atoms with Crippen LogP contribution in [-0.2, 0) is 9.53 Å². The molecule has 0 N–H and O–H groups in total. The molecule has 1 heterocycles. The number of aromatic nitrogens is 2. The minimum atomic E-state index is -0.336. The molecule has 0 fully saturated rings. The van der Waals surface area contributed by atoms with E-state index in [1.54, 1.807) is 4.90 Å². The van der Waals surface area contributed by atoms with Gasteiger partial charge in [-0.1, -0.05) is 44.2 Å². The van der Waals surface area contributed by atoms with Gasteiger partial charge in [0, 0.05) is 31.0 Å². The molecule has 0 saturated heterocycles. The van der Waals surface area contributed by atoms with Gasteiger partial charge in [-0.3, -0.25) is 9.59 Å². The second-order valence-electron chi connectivity index (χ2n) is 6.13. The third-order valence-corrected chi connectivity index (χ3v) is 3.62. The van der Waals surface area contributed by atoms with E-state index in [2.05, 4.69) is 14.7 Å². The molecule has 0 aliphatic rings. The Hall–Kier alpha value is -2.76. The maximum Gasteiger partial charge on any atom is 0.307 e. The fraction of sp³-hybridized carbons (Fsp3) is 0.368. The number of esters is 1. The third kappa shape index (κ3) is 5.38. The summed E-state index contributed by atoms with van der Waals surface area (Å²) < 4.78 is 4.65. The van der Waals surface area contributed by atoms with E-state index in [1.165, 1.54) is 19.5 Å². The molecule has 2 aromatic rings. The summed E-state index contributed by atoms with van der Waals surface area (Å²) in [5.41, 5.74) is 1.30. The van der Waals surface area contributed by atoms with Gasteiger partial charge in [0.15, 0.2) is 5.82 Å². The van der Waals surface area contributed by atoms with Crippen molar-refractivity contribution in [1.29, 1.82) is 0 Å². The van der Waals surface area contributed by atoms with Crippen molar-refractivity contribution in [3.8, 4) is 11.4 Å². The first-order valence-corrected chi connectivity index (χ1v) is 8.24. The Kier molecular flexibility index (Phi) is 6.62. The first kappa shape index (κ1) is 18.6. The maximum atomic E-state index is 12.7. The van der Waals surface area contributed by atoms with Gasteiger partial charge in [0.2, 0.25) is 0 Å². The smallest absolute Gasteiger partial charge is 0.307 e. The van der Waals surface area contributed by atoms with Crippen molar-refractivity contribution in [2.24, 2.45) is 5.92 Å². The second-order valence-corrected chi connectivity index (χ2v) is 6.13. The zero-order valence-corrected chi connectivity index (χ0v) is 14.8. The number of carbonyl (C=O) groups excluding carboxylic acids is 2. The molecule has 0 atom stereocenters. The Balaban J connectivity index is 2.13. The molecule has 1 aromatic carbocycles. The molecule has 0 saturated carbocycles. The highest BCUT2D eigenvalue weighted by molar-refractivity contribution is 5.94. The van der Waals surface area contributed by atoms with Crippen LogP contribution in [0.1, 0.15) is 30.6 Å². The number of hydrogen-bond donors (Lipinski definition) is 0. The van der Waals surface area contributed by atoms with Crippen LogP contribution in [0.4, 0.5) is 0 Å². The van der Waals surface area contributed by atoms with Crippen LogP contribution < -0.4 is 0 Å². The number of methoxy groups -OCH3 is 1. The SMILES string of the molecule is COC(=O)CCN(CC(C)C)C(=O)c1cnc(-c2ccccc2)nc1. The van der Waals surface area contributed by atoms with Gasteiger partial charge in [-0.15, -0.1) is 0 Å². The van der Waals surface area contributed by atoms with Gasteiger partial charge in [0.1, 0.15) is 0 Å². The van der Waals surface area contributed by atoms with E-state index in [0.29, 0.717) is 24.5 Å². The lowest BCUT2D eigenvalue weighted by Gasteiger charge is -2.24. The zero-order valence-electron chi connectivity index (χ0n) is 14.8. The fourth-order valence-corrected chi connectivity index (χ4v) is 2.40. The van der Waals surface area contributed by atoms with Gasteiger partial charge in [-0.25, -0.2) is 9.97 Å². The Morgan fingerprint density at radius 1 is 1.12 bits per heavy atom. The maximum absolute atomic E-state index is 12.7. The second kappa shape index (κ2) is 8.92. The van der Waals surface area contributed by atoms with Crippen LogP contribution >= 0.6 is 0 Å². The van der Waals surface area contributed by atoms with Crippen molar-refractivity contribution in [1.82, 2.24) is 14.9 Å². The first-order chi connectivity index (χ1) is 12.0. The van der Waals surface area contributed by atoms with Gasteiger partial charge in [0.05, 0.1) is 19.1 Å². The number of benzene rings is 1. The van der Waals surface area contributed by atoms with Crippen molar-refractivity contribution in [3.63, 3.8) is 0 Å². The van der Waals surface area contributed by atoms with Gasteiger partial charge in [-0.05, 0) is 5.92 Å². The number of nitrogens with zero attached hydrogens (tertiary/aromatic N) is 3. The molecule has 0 bridgehead atoms. The molecular formula is C19H23N3O3. The highest BCUT2D eigenvalue weighted by Crippen LogP contribution is 2.14. The molecule has 1 aromatic heterocycles. The van der Waals surface area contributed by atoms with E-state index >= 15 is 0 Å². The lowest BCUT2D eigenvalue weighted by molar-refractivity contribution is -0.140. The van der Waals surface area contributed by atoms with Gasteiger partial charge < -0.3 is 9.64 Å². The normalized spacial score (nSPS) is 10.6. The van der Waals surface area contributed by atoms with Crippen molar-refractivity contribution < 1.29 is 14.3 Å². The molecule has 0 spiro atoms. The van der Waals surface area contributed by atoms with Crippen LogP contribution in [0.2, 0.25) is 0 Å². The van der Waals surface area contributed by atoms with Crippen molar-refractivity contribution >= 4 is 11.9 Å². The number of amides is 1. The van der Waals surface area contributed by atoms with E-state index in [9.17, 15) is 9.59 Å². The summed E-state index contributed by atoms with van der Waals surface area (Å²) in [7, 11) is 1.34. The lowest BCUT2D eigenvalue weighted by atomic mass is 10.1. The quantitative estimate of drug-likeness (QED) is 0.724. The minimum Gasteiger partial charge on any atom is -0.469 e. The molecule has 6 heteroatoms. The van der Waals surface area contributed by atoms with E-state index in [-0.39, 0.29) is 24.2 Å². The first-order valence-electron chi connectivity index (χ1n) is 8.24. The van der Waals surface area contributed by atoms with E-state index in [1.807, 2.05) is 44.2 Å². The summed E-state index contributed by atoms with van der Waals surface area (Å²) in [5, 5.41) is 0. The zero-order chi connectivity index (χ0) is 18.2. The Labute approximate surface area is 147 Å². The van der Waals surface area contributed by atoms with Crippen molar-refractivity contribution in [2.75, 3.05) is 20.2 Å². The Bertz CT molecular complexity index is 700. The van der Waals surface area contributed by atoms with Gasteiger partial charge >= 0.3 is 5.97 Å². The molecule has 1 amide bonds. The van der Waals surface area contributed by atoms with Crippen LogP contribution in [0.25, 0.3) is 11.4 Å². The largest absolute Gasteiger partial charge is 0.469 e. The molecule has 25 heavy (non-hydrogen) atoms. The summed E-state index contributed by atoms with van der Waals surface area (Å²) in [6, 6.07) is 9.58. The monoisotopic (exact) mass is 341 g/mol. The average Bonchev–Trinajstić information content (AvgIpc) is 2.64. The van der Waals surface area contributed by atoms with Crippen molar-refractivity contribution in [2.45, 2.75) is 20.3 Å². The highest BCUT2D eigenvalue weighted by Gasteiger charge is 2.19. The molecular weight excluding hydrogens is 318 g/mol. The Morgan fingerprint density at radius 2 is 1.76 bits per heavy atom. The molecule has 132 valence electrons. The Morgan fingerprint density at radius 3 is 2.32 bits per heavy atom. The molecule has 0 radical (unpaired) electrons. The minimum absolute atomic E-state index is 0.165. The topological polar surface area (TPSA) is 72.4 Å². The summed E-state index contributed by atoms with van der Waals surface area (Å²) in [6.07, 6.45) is 3.23. The van der Waals surface area contributed by atoms with Crippen LogP contribution in [-0.4, -0.2) is 46.9 Å². The highest BCUT2D eigenvalue weighted by atomic mass is 16.5. The van der Waals surface area contributed by atoms with Gasteiger partial charge in [0.25, 0.3) is 5.91 Å². The van der Waals surface area contributed by atoms with Crippen LogP contribution in [0, 0.1) is 5.92 Å². The third-order valence-electron chi connectivity index (χ3n) is 3.62. The van der Waals surface area contributed by atoms with Crippen molar-refractivity contribution in [3.05, 3.63) is 48.3 Å². The van der Waals surface area contributed by atoms with Crippen LogP contribution in [0.5, 0.6) is 0 Å². The standard InChI is InChI=1S/C19H23N3O3/c1-14(2)13-22(10-9-17(23)25-3)19(24)16-11-20-18(21-12-16)15-7-5-4-6-8-15/h4-8,11-12,14H,9-10,13H2,1-3H3. The predicted octanol–water partition coefficient (Wildman–Crippen LogP) is 2.80. The number of carbonyl (C=O) groups is 2. The van der Waals surface area contributed by atoms with E-state index < -0.39 is 0 Å². The summed E-state index contributed by atoms with van der Waals surface area (Å²) in [5.74, 6) is 0.336. The molecule has 0 aliphatic carbocycles. The lowest BCUT2D eigenvalue weighted by Crippen LogP contribution is -2.36. The van der Waals surface area contributed by atoms with Crippen LogP contribution in [0.15, 0.2) is 42.7 Å². The molecule has 0 aliphatic heterocycles. The van der Waals surface area contributed by atoms with E-state index in [4.69, 9.17) is 0 Å². The summed E-state index contributed by atoms with van der Waals surface area (Å²) in [6.45, 7) is 4.90. The fourth-order valence-electron chi connectivity index (χ4n) is 2.40. The van der Waals surface area contributed by atoms with Gasteiger partial charge in [-0.2, -0.15) is 0 Å². The summed E-state index contributed by atoms with van der Waals surface area (Å²) >= 11 is 0. The molecule has 6 nitrogen and oxygen atoms in total. The molecule has 0 unspecified atom stereocenters. The average molecular weight is 341 g/mol. The van der Waals surface area contributed by atoms with E-state index in [0.717, 1.165) is 5.56 Å².